The van der Waals surface area contributed by atoms with Crippen molar-refractivity contribution in [3.8, 4) is 17.2 Å². The van der Waals surface area contributed by atoms with E-state index in [2.05, 4.69) is 0 Å². The van der Waals surface area contributed by atoms with Crippen LogP contribution in [0.2, 0.25) is 5.02 Å². The lowest BCUT2D eigenvalue weighted by atomic mass is 10.0. The van der Waals surface area contributed by atoms with E-state index >= 15 is 0 Å². The third-order valence-electron chi connectivity index (χ3n) is 4.55. The molecule has 0 aliphatic carbocycles. The molecule has 4 nitrogen and oxygen atoms in total. The predicted octanol–water partition coefficient (Wildman–Crippen LogP) is 6.36. The van der Waals surface area contributed by atoms with Crippen molar-refractivity contribution in [3.05, 3.63) is 57.6 Å². The Labute approximate surface area is 170 Å². The molecule has 8 heteroatoms. The number of carbonyl (C=O) groups is 1. The van der Waals surface area contributed by atoms with Gasteiger partial charge in [0.25, 0.3) is 0 Å². The number of carboxylic acid groups (broad SMARTS) is 1. The van der Waals surface area contributed by atoms with Gasteiger partial charge in [0.2, 0.25) is 6.10 Å². The van der Waals surface area contributed by atoms with Crippen molar-refractivity contribution >= 4 is 23.6 Å². The van der Waals surface area contributed by atoms with E-state index in [9.17, 15) is 18.0 Å². The largest absolute Gasteiger partial charge is 0.478 e. The van der Waals surface area contributed by atoms with Gasteiger partial charge in [0.1, 0.15) is 17.2 Å². The van der Waals surface area contributed by atoms with Gasteiger partial charge < -0.3 is 14.6 Å². The monoisotopic (exact) mass is 426 g/mol. The minimum atomic E-state index is -4.88. The van der Waals surface area contributed by atoms with Crippen LogP contribution < -0.4 is 9.47 Å². The molecular formula is C21H18ClF3O4. The number of rotatable bonds is 4. The standard InChI is InChI=1S/C21H18ClF3O4/c1-10(2)12-5-4-11(3)16(8-12)28-18-9-17-13(7-15(18)22)6-14(20(26)27)19(29-17)21(23,24)25/h4-10,19H,1-3H3,(H,26,27). The number of halogens is 4. The van der Waals surface area contributed by atoms with Gasteiger partial charge in [-0.05, 0) is 42.2 Å². The van der Waals surface area contributed by atoms with Gasteiger partial charge in [-0.2, -0.15) is 13.2 Å². The maximum Gasteiger partial charge on any atom is 0.430 e. The highest BCUT2D eigenvalue weighted by atomic mass is 35.5. The highest BCUT2D eigenvalue weighted by Gasteiger charge is 2.48. The number of hydrogen-bond acceptors (Lipinski definition) is 3. The molecule has 0 bridgehead atoms. The Hall–Kier alpha value is -2.67. The molecule has 0 radical (unpaired) electrons. The number of ether oxygens (including phenoxy) is 2. The lowest BCUT2D eigenvalue weighted by Crippen LogP contribution is -2.40. The molecule has 0 amide bonds. The first-order valence-electron chi connectivity index (χ1n) is 8.77. The van der Waals surface area contributed by atoms with Crippen molar-refractivity contribution in [1.82, 2.24) is 0 Å². The normalized spacial score (nSPS) is 16.1. The number of aliphatic carboxylic acids is 1. The Morgan fingerprint density at radius 2 is 1.90 bits per heavy atom. The van der Waals surface area contributed by atoms with E-state index in [0.717, 1.165) is 17.2 Å². The van der Waals surface area contributed by atoms with Crippen molar-refractivity contribution in [3.63, 3.8) is 0 Å². The number of carboxylic acids is 1. The molecule has 1 aliphatic heterocycles. The number of benzene rings is 2. The molecule has 2 aromatic rings. The molecular weight excluding hydrogens is 409 g/mol. The third kappa shape index (κ3) is 4.34. The SMILES string of the molecule is Cc1ccc(C(C)C)cc1Oc1cc2c(cc1Cl)C=C(C(=O)O)C(C(F)(F)F)O2. The Kier molecular flexibility index (Phi) is 5.54. The van der Waals surface area contributed by atoms with E-state index in [4.69, 9.17) is 26.2 Å². The average molecular weight is 427 g/mol. The molecule has 0 aromatic heterocycles. The molecule has 0 saturated heterocycles. The molecule has 154 valence electrons. The lowest BCUT2D eigenvalue weighted by Gasteiger charge is -2.27. The molecule has 0 spiro atoms. The summed E-state index contributed by atoms with van der Waals surface area (Å²) in [6.07, 6.45) is -6.54. The maximum absolute atomic E-state index is 13.3. The quantitative estimate of drug-likeness (QED) is 0.618. The molecule has 1 atom stereocenters. The predicted molar refractivity (Wildman–Crippen MR) is 103 cm³/mol. The topological polar surface area (TPSA) is 55.8 Å². The van der Waals surface area contributed by atoms with Crippen LogP contribution in [0, 0.1) is 6.92 Å². The zero-order chi connectivity index (χ0) is 21.5. The van der Waals surface area contributed by atoms with E-state index < -0.39 is 23.8 Å². The second-order valence-corrected chi connectivity index (χ2v) is 7.45. The first kappa shape index (κ1) is 21.0. The Bertz CT molecular complexity index is 996. The van der Waals surface area contributed by atoms with Gasteiger partial charge >= 0.3 is 12.1 Å². The molecule has 0 fully saturated rings. The summed E-state index contributed by atoms with van der Waals surface area (Å²) in [5.74, 6) is -0.983. The highest BCUT2D eigenvalue weighted by molar-refractivity contribution is 6.32. The van der Waals surface area contributed by atoms with Crippen molar-refractivity contribution in [2.75, 3.05) is 0 Å². The van der Waals surface area contributed by atoms with Crippen LogP contribution in [0.15, 0.2) is 35.9 Å². The Balaban J connectivity index is 2.02. The zero-order valence-corrected chi connectivity index (χ0v) is 16.6. The fraction of sp³-hybridized carbons (Fsp3) is 0.286. The number of alkyl halides is 3. The third-order valence-corrected chi connectivity index (χ3v) is 4.84. The van der Waals surface area contributed by atoms with E-state index in [1.807, 2.05) is 39.0 Å². The minimum Gasteiger partial charge on any atom is -0.478 e. The van der Waals surface area contributed by atoms with Crippen LogP contribution in [0.25, 0.3) is 6.08 Å². The smallest absolute Gasteiger partial charge is 0.430 e. The van der Waals surface area contributed by atoms with Crippen LogP contribution >= 0.6 is 11.6 Å². The second kappa shape index (κ2) is 7.63. The first-order chi connectivity index (χ1) is 13.5. The number of hydrogen-bond donors (Lipinski definition) is 1. The summed E-state index contributed by atoms with van der Waals surface area (Å²) in [7, 11) is 0. The maximum atomic E-state index is 13.3. The lowest BCUT2D eigenvalue weighted by molar-refractivity contribution is -0.187. The fourth-order valence-corrected chi connectivity index (χ4v) is 3.11. The summed E-state index contributed by atoms with van der Waals surface area (Å²) in [5, 5.41) is 9.23. The molecule has 1 heterocycles. The van der Waals surface area contributed by atoms with Gasteiger partial charge in [-0.25, -0.2) is 4.79 Å². The van der Waals surface area contributed by atoms with Crippen molar-refractivity contribution in [2.24, 2.45) is 0 Å². The molecule has 29 heavy (non-hydrogen) atoms. The molecule has 1 aliphatic rings. The highest BCUT2D eigenvalue weighted by Crippen LogP contribution is 2.43. The van der Waals surface area contributed by atoms with Crippen LogP contribution in [0.3, 0.4) is 0 Å². The van der Waals surface area contributed by atoms with Gasteiger partial charge in [0.15, 0.2) is 0 Å². The summed E-state index contributed by atoms with van der Waals surface area (Å²) in [4.78, 5) is 11.2. The number of fused-ring (bicyclic) bond motifs is 1. The summed E-state index contributed by atoms with van der Waals surface area (Å²) in [6.45, 7) is 5.89. The summed E-state index contributed by atoms with van der Waals surface area (Å²) in [6, 6.07) is 8.26. The van der Waals surface area contributed by atoms with Gasteiger partial charge in [0, 0.05) is 11.6 Å². The van der Waals surface area contributed by atoms with Crippen LogP contribution in [0.4, 0.5) is 13.2 Å². The summed E-state index contributed by atoms with van der Waals surface area (Å²) >= 11 is 6.24. The van der Waals surface area contributed by atoms with Crippen LogP contribution in [-0.4, -0.2) is 23.4 Å². The zero-order valence-electron chi connectivity index (χ0n) is 15.8. The average Bonchev–Trinajstić information content (AvgIpc) is 2.62. The van der Waals surface area contributed by atoms with Gasteiger partial charge in [-0.3, -0.25) is 0 Å². The minimum absolute atomic E-state index is 0.113. The number of aryl methyl sites for hydroxylation is 1. The van der Waals surface area contributed by atoms with Gasteiger partial charge in [0.05, 0.1) is 10.6 Å². The van der Waals surface area contributed by atoms with Crippen molar-refractivity contribution in [1.29, 1.82) is 0 Å². The fourth-order valence-electron chi connectivity index (χ4n) is 2.90. The molecule has 2 aromatic carbocycles. The van der Waals surface area contributed by atoms with Gasteiger partial charge in [-0.15, -0.1) is 0 Å². The van der Waals surface area contributed by atoms with E-state index in [0.29, 0.717) is 5.75 Å². The van der Waals surface area contributed by atoms with Crippen molar-refractivity contribution in [2.45, 2.75) is 39.0 Å². The Morgan fingerprint density at radius 1 is 1.21 bits per heavy atom. The second-order valence-electron chi connectivity index (χ2n) is 7.05. The molecule has 0 saturated carbocycles. The first-order valence-corrected chi connectivity index (χ1v) is 9.15. The van der Waals surface area contributed by atoms with E-state index in [1.165, 1.54) is 12.1 Å². The summed E-state index contributed by atoms with van der Waals surface area (Å²) in [5.41, 5.74) is 1.08. The molecule has 1 N–H and O–H groups in total. The summed E-state index contributed by atoms with van der Waals surface area (Å²) < 4.78 is 50.6. The molecule has 1 unspecified atom stereocenters. The Morgan fingerprint density at radius 3 is 2.48 bits per heavy atom. The van der Waals surface area contributed by atoms with Crippen molar-refractivity contribution < 1.29 is 32.5 Å². The van der Waals surface area contributed by atoms with Crippen LogP contribution in [0.1, 0.15) is 36.5 Å². The van der Waals surface area contributed by atoms with E-state index in [1.54, 1.807) is 0 Å². The van der Waals surface area contributed by atoms with Crippen LogP contribution in [-0.2, 0) is 4.79 Å². The van der Waals surface area contributed by atoms with Crippen LogP contribution in [0.5, 0.6) is 17.2 Å². The van der Waals surface area contributed by atoms with E-state index in [-0.39, 0.29) is 28.0 Å². The molecule has 3 rings (SSSR count). The van der Waals surface area contributed by atoms with Gasteiger partial charge in [-0.1, -0.05) is 37.6 Å².